The predicted octanol–water partition coefficient (Wildman–Crippen LogP) is 6.53. The van der Waals surface area contributed by atoms with Gasteiger partial charge < -0.3 is 15.1 Å². The first-order valence-electron chi connectivity index (χ1n) is 13.2. The van der Waals surface area contributed by atoms with Crippen LogP contribution in [0.3, 0.4) is 0 Å². The number of nitrogens with zero attached hydrogens (tertiary/aromatic N) is 1. The second-order valence-electron chi connectivity index (χ2n) is 10.5. The average Bonchev–Trinajstić information content (AvgIpc) is 3.06. The molecule has 3 aromatic carbocycles. The lowest BCUT2D eigenvalue weighted by Crippen LogP contribution is -2.47. The molecule has 4 nitrogen and oxygen atoms in total. The molecule has 1 aliphatic heterocycles. The number of aromatic hydroxyl groups is 1. The van der Waals surface area contributed by atoms with Gasteiger partial charge in [-0.05, 0) is 108 Å². The molecular formula is C32H34FNO3. The van der Waals surface area contributed by atoms with Crippen molar-refractivity contribution >= 4 is 17.1 Å². The molecule has 5 heteroatoms. The molecule has 0 saturated carbocycles. The quantitative estimate of drug-likeness (QED) is 0.370. The van der Waals surface area contributed by atoms with Crippen LogP contribution in [0.15, 0.2) is 60.7 Å². The molecule has 2 aliphatic rings. The lowest BCUT2D eigenvalue weighted by molar-refractivity contribution is 0.0696. The monoisotopic (exact) mass is 499 g/mol. The minimum absolute atomic E-state index is 0.247. The summed E-state index contributed by atoms with van der Waals surface area (Å²) in [5.74, 6) is -0.0138. The van der Waals surface area contributed by atoms with Gasteiger partial charge in [0.2, 0.25) is 0 Å². The van der Waals surface area contributed by atoms with Gasteiger partial charge in [0.1, 0.15) is 5.75 Å². The predicted molar refractivity (Wildman–Crippen MR) is 146 cm³/mol. The number of carboxylic acids is 1. The van der Waals surface area contributed by atoms with Crippen LogP contribution >= 0.6 is 0 Å². The Morgan fingerprint density at radius 1 is 1.00 bits per heavy atom. The number of carbonyl (C=O) groups is 1. The molecule has 0 spiro atoms. The number of fused-ring (bicyclic) bond motifs is 1. The molecule has 2 N–H and O–H groups in total. The largest absolute Gasteiger partial charge is 0.508 e. The van der Waals surface area contributed by atoms with Crippen LogP contribution < -0.4 is 0 Å². The van der Waals surface area contributed by atoms with E-state index in [0.717, 1.165) is 78.7 Å². The fraction of sp³-hybridized carbons (Fsp3) is 0.344. The zero-order valence-electron chi connectivity index (χ0n) is 21.3. The summed E-state index contributed by atoms with van der Waals surface area (Å²) in [5, 5.41) is 20.0. The second kappa shape index (κ2) is 10.9. The minimum atomic E-state index is -0.912. The number of aromatic carboxylic acids is 1. The molecule has 1 heterocycles. The summed E-state index contributed by atoms with van der Waals surface area (Å²) in [7, 11) is 0. The van der Waals surface area contributed by atoms with Gasteiger partial charge in [0, 0.05) is 19.6 Å². The van der Waals surface area contributed by atoms with Crippen LogP contribution in [0.25, 0.3) is 11.1 Å². The first-order chi connectivity index (χ1) is 17.9. The lowest BCUT2D eigenvalue weighted by Gasteiger charge is -2.39. The Hall–Kier alpha value is -3.44. The Labute approximate surface area is 218 Å². The Morgan fingerprint density at radius 2 is 1.76 bits per heavy atom. The molecule has 37 heavy (non-hydrogen) atoms. The van der Waals surface area contributed by atoms with Crippen LogP contribution in [-0.2, 0) is 12.8 Å². The van der Waals surface area contributed by atoms with Gasteiger partial charge in [0.15, 0.2) is 0 Å². The average molecular weight is 500 g/mol. The zero-order chi connectivity index (χ0) is 25.9. The van der Waals surface area contributed by atoms with Crippen molar-refractivity contribution in [2.75, 3.05) is 26.3 Å². The van der Waals surface area contributed by atoms with E-state index in [1.807, 2.05) is 31.2 Å². The topological polar surface area (TPSA) is 60.8 Å². The number of alkyl halides is 1. The number of phenolic OH excluding ortho intramolecular Hbond substituents is 1. The van der Waals surface area contributed by atoms with Gasteiger partial charge in [-0.25, -0.2) is 4.79 Å². The lowest BCUT2D eigenvalue weighted by atomic mass is 9.86. The SMILES string of the molecule is Cc1ccc(C2=C(c3ccc(CC4CN(CCCF)C4)cc3)c3ccc(C(=O)O)cc3CCC2)cc1O. The number of hydrogen-bond donors (Lipinski definition) is 2. The van der Waals surface area contributed by atoms with Crippen molar-refractivity contribution in [1.82, 2.24) is 4.90 Å². The van der Waals surface area contributed by atoms with Crippen LogP contribution in [0, 0.1) is 12.8 Å². The van der Waals surface area contributed by atoms with Gasteiger partial charge in [-0.3, -0.25) is 4.39 Å². The summed E-state index contributed by atoms with van der Waals surface area (Å²) in [6.45, 7) is 4.57. The van der Waals surface area contributed by atoms with Gasteiger partial charge in [0.25, 0.3) is 0 Å². The molecule has 0 unspecified atom stereocenters. The molecule has 0 atom stereocenters. The molecular weight excluding hydrogens is 465 g/mol. The van der Waals surface area contributed by atoms with E-state index in [9.17, 15) is 19.4 Å². The number of allylic oxidation sites excluding steroid dienone is 1. The Balaban J connectivity index is 1.50. The van der Waals surface area contributed by atoms with Gasteiger partial charge in [0.05, 0.1) is 12.2 Å². The molecule has 192 valence electrons. The van der Waals surface area contributed by atoms with Crippen molar-refractivity contribution in [2.45, 2.75) is 39.0 Å². The molecule has 1 aliphatic carbocycles. The zero-order valence-corrected chi connectivity index (χ0v) is 21.3. The van der Waals surface area contributed by atoms with Crippen molar-refractivity contribution < 1.29 is 19.4 Å². The van der Waals surface area contributed by atoms with Crippen LogP contribution in [0.2, 0.25) is 0 Å². The first kappa shape index (κ1) is 25.2. The molecule has 0 radical (unpaired) electrons. The maximum absolute atomic E-state index is 12.4. The minimum Gasteiger partial charge on any atom is -0.508 e. The highest BCUT2D eigenvalue weighted by Gasteiger charge is 2.26. The molecule has 1 saturated heterocycles. The van der Waals surface area contributed by atoms with E-state index < -0.39 is 5.97 Å². The maximum atomic E-state index is 12.4. The number of phenols is 1. The standard InChI is InChI=1S/C32H34FNO3/c1-21-6-9-26(18-30(21)35)28-5-2-4-25-17-27(32(36)37)12-13-29(25)31(28)24-10-7-22(8-11-24)16-23-19-34(20-23)15-3-14-33/h6-13,17-18,23,35H,2-5,14-16,19-20H2,1H3,(H,36,37). The van der Waals surface area contributed by atoms with Gasteiger partial charge in [-0.1, -0.05) is 42.5 Å². The third-order valence-electron chi connectivity index (χ3n) is 7.76. The highest BCUT2D eigenvalue weighted by molar-refractivity contribution is 6.00. The summed E-state index contributed by atoms with van der Waals surface area (Å²) < 4.78 is 12.4. The van der Waals surface area contributed by atoms with Crippen molar-refractivity contribution in [3.05, 3.63) is 99.6 Å². The second-order valence-corrected chi connectivity index (χ2v) is 10.5. The fourth-order valence-corrected chi connectivity index (χ4v) is 5.75. The normalized spacial score (nSPS) is 16.3. The fourth-order valence-electron chi connectivity index (χ4n) is 5.75. The van der Waals surface area contributed by atoms with Crippen LogP contribution in [-0.4, -0.2) is 47.4 Å². The summed E-state index contributed by atoms with van der Waals surface area (Å²) in [6.07, 6.45) is 4.19. The first-order valence-corrected chi connectivity index (χ1v) is 13.2. The van der Waals surface area contributed by atoms with Crippen molar-refractivity contribution in [3.63, 3.8) is 0 Å². The van der Waals surface area contributed by atoms with Crippen molar-refractivity contribution in [2.24, 2.45) is 5.92 Å². The Bertz CT molecular complexity index is 1320. The van der Waals surface area contributed by atoms with E-state index in [0.29, 0.717) is 17.9 Å². The van der Waals surface area contributed by atoms with Crippen LogP contribution in [0.4, 0.5) is 4.39 Å². The van der Waals surface area contributed by atoms with Gasteiger partial charge >= 0.3 is 5.97 Å². The summed E-state index contributed by atoms with van der Waals surface area (Å²) in [4.78, 5) is 14.0. The van der Waals surface area contributed by atoms with Crippen molar-refractivity contribution in [3.8, 4) is 5.75 Å². The van der Waals surface area contributed by atoms with E-state index in [-0.39, 0.29) is 12.4 Å². The van der Waals surface area contributed by atoms with E-state index in [2.05, 4.69) is 35.2 Å². The molecule has 3 aromatic rings. The number of rotatable bonds is 8. The number of benzene rings is 3. The smallest absolute Gasteiger partial charge is 0.335 e. The van der Waals surface area contributed by atoms with E-state index >= 15 is 0 Å². The number of carboxylic acid groups (broad SMARTS) is 1. The molecule has 0 aromatic heterocycles. The number of aryl methyl sites for hydroxylation is 2. The highest BCUT2D eigenvalue weighted by Crippen LogP contribution is 2.41. The van der Waals surface area contributed by atoms with E-state index in [1.54, 1.807) is 6.07 Å². The van der Waals surface area contributed by atoms with E-state index in [1.165, 1.54) is 11.1 Å². The van der Waals surface area contributed by atoms with E-state index in [4.69, 9.17) is 0 Å². The summed E-state index contributed by atoms with van der Waals surface area (Å²) >= 11 is 0. The Morgan fingerprint density at radius 3 is 2.46 bits per heavy atom. The van der Waals surface area contributed by atoms with Crippen molar-refractivity contribution in [1.29, 1.82) is 0 Å². The third-order valence-corrected chi connectivity index (χ3v) is 7.76. The third kappa shape index (κ3) is 5.47. The highest BCUT2D eigenvalue weighted by atomic mass is 19.1. The van der Waals surface area contributed by atoms with Crippen LogP contribution in [0.1, 0.15) is 63.0 Å². The maximum Gasteiger partial charge on any atom is 0.335 e. The molecule has 0 bridgehead atoms. The molecule has 5 rings (SSSR count). The van der Waals surface area contributed by atoms with Gasteiger partial charge in [-0.2, -0.15) is 0 Å². The number of hydrogen-bond acceptors (Lipinski definition) is 3. The molecule has 0 amide bonds. The van der Waals surface area contributed by atoms with Gasteiger partial charge in [-0.15, -0.1) is 0 Å². The number of likely N-dealkylation sites (tertiary alicyclic amines) is 1. The summed E-state index contributed by atoms with van der Waals surface area (Å²) in [6, 6.07) is 20.1. The Kier molecular flexibility index (Phi) is 7.43. The molecule has 1 fully saturated rings. The number of halogens is 1. The van der Waals surface area contributed by atoms with Crippen LogP contribution in [0.5, 0.6) is 5.75 Å². The summed E-state index contributed by atoms with van der Waals surface area (Å²) in [5.41, 5.74) is 8.95.